The Bertz CT molecular complexity index is 292. The Balaban J connectivity index is 1.53. The van der Waals surface area contributed by atoms with E-state index in [-0.39, 0.29) is 0 Å². The molecule has 1 amide bonds. The van der Waals surface area contributed by atoms with Crippen molar-refractivity contribution in [1.29, 1.82) is 0 Å². The molecule has 0 saturated carbocycles. The maximum absolute atomic E-state index is 12.1. The number of piperazine rings is 1. The number of amides is 1. The van der Waals surface area contributed by atoms with E-state index in [0.29, 0.717) is 5.91 Å². The standard InChI is InChI=1S/C16H31N3O/c1-17-9-7-15(8-10-17)5-3-4-6-16(20)19-13-11-18(2)12-14-19/h15H,3-14H2,1-2H3. The third-order valence-corrected chi connectivity index (χ3v) is 4.95. The molecule has 0 aromatic carbocycles. The second-order valence-electron chi connectivity index (χ2n) is 6.68. The molecule has 4 nitrogen and oxygen atoms in total. The van der Waals surface area contributed by atoms with Crippen LogP contribution in [0.4, 0.5) is 0 Å². The van der Waals surface area contributed by atoms with Crippen molar-refractivity contribution in [3.8, 4) is 0 Å². The molecule has 0 bridgehead atoms. The number of carbonyl (C=O) groups is 1. The van der Waals surface area contributed by atoms with Gasteiger partial charge in [-0.1, -0.05) is 12.8 Å². The van der Waals surface area contributed by atoms with Crippen LogP contribution in [-0.2, 0) is 4.79 Å². The van der Waals surface area contributed by atoms with Crippen molar-refractivity contribution in [1.82, 2.24) is 14.7 Å². The molecule has 2 aliphatic heterocycles. The lowest BCUT2D eigenvalue weighted by Crippen LogP contribution is -2.47. The summed E-state index contributed by atoms with van der Waals surface area (Å²) in [5, 5.41) is 0. The number of rotatable bonds is 5. The molecule has 4 heteroatoms. The van der Waals surface area contributed by atoms with Gasteiger partial charge in [0.05, 0.1) is 0 Å². The highest BCUT2D eigenvalue weighted by Crippen LogP contribution is 2.22. The lowest BCUT2D eigenvalue weighted by atomic mass is 9.91. The van der Waals surface area contributed by atoms with Crippen LogP contribution in [0.15, 0.2) is 0 Å². The number of likely N-dealkylation sites (N-methyl/N-ethyl adjacent to an activating group) is 1. The summed E-state index contributed by atoms with van der Waals surface area (Å²) in [7, 11) is 4.34. The van der Waals surface area contributed by atoms with Crippen LogP contribution in [0.5, 0.6) is 0 Å². The summed E-state index contributed by atoms with van der Waals surface area (Å²) in [5.41, 5.74) is 0. The Morgan fingerprint density at radius 2 is 1.50 bits per heavy atom. The fourth-order valence-corrected chi connectivity index (χ4v) is 3.27. The van der Waals surface area contributed by atoms with Crippen LogP contribution in [0.2, 0.25) is 0 Å². The van der Waals surface area contributed by atoms with Gasteiger partial charge in [0, 0.05) is 32.6 Å². The van der Waals surface area contributed by atoms with E-state index in [0.717, 1.165) is 44.9 Å². The molecule has 0 radical (unpaired) electrons. The summed E-state index contributed by atoms with van der Waals surface area (Å²) < 4.78 is 0. The summed E-state index contributed by atoms with van der Waals surface area (Å²) in [4.78, 5) is 18.9. The van der Waals surface area contributed by atoms with Gasteiger partial charge in [-0.2, -0.15) is 0 Å². The smallest absolute Gasteiger partial charge is 0.222 e. The highest BCUT2D eigenvalue weighted by Gasteiger charge is 2.19. The van der Waals surface area contributed by atoms with Crippen molar-refractivity contribution < 1.29 is 4.79 Å². The first-order valence-electron chi connectivity index (χ1n) is 8.30. The highest BCUT2D eigenvalue weighted by molar-refractivity contribution is 5.76. The van der Waals surface area contributed by atoms with Crippen molar-refractivity contribution in [2.45, 2.75) is 38.5 Å². The van der Waals surface area contributed by atoms with Gasteiger partial charge in [-0.05, 0) is 52.4 Å². The average molecular weight is 281 g/mol. The van der Waals surface area contributed by atoms with Gasteiger partial charge < -0.3 is 14.7 Å². The van der Waals surface area contributed by atoms with Crippen LogP contribution in [0, 0.1) is 5.92 Å². The van der Waals surface area contributed by atoms with Crippen LogP contribution in [0.25, 0.3) is 0 Å². The van der Waals surface area contributed by atoms with Gasteiger partial charge in [0.2, 0.25) is 5.91 Å². The van der Waals surface area contributed by atoms with Gasteiger partial charge in [-0.25, -0.2) is 0 Å². The molecule has 0 N–H and O–H groups in total. The quantitative estimate of drug-likeness (QED) is 0.717. The van der Waals surface area contributed by atoms with Gasteiger partial charge in [-0.15, -0.1) is 0 Å². The van der Waals surface area contributed by atoms with Gasteiger partial charge in [0.1, 0.15) is 0 Å². The van der Waals surface area contributed by atoms with E-state index in [1.165, 1.54) is 38.8 Å². The minimum atomic E-state index is 0.376. The zero-order valence-corrected chi connectivity index (χ0v) is 13.3. The molecule has 0 atom stereocenters. The van der Waals surface area contributed by atoms with Crippen molar-refractivity contribution in [2.75, 3.05) is 53.4 Å². The summed E-state index contributed by atoms with van der Waals surface area (Å²) in [6.07, 6.45) is 7.09. The Labute approximate surface area is 124 Å². The van der Waals surface area contributed by atoms with E-state index in [1.54, 1.807) is 0 Å². The molecule has 0 aliphatic carbocycles. The molecule has 2 saturated heterocycles. The molecule has 2 fully saturated rings. The average Bonchev–Trinajstić information content (AvgIpc) is 2.46. The van der Waals surface area contributed by atoms with Gasteiger partial charge in [0.25, 0.3) is 0 Å². The second-order valence-corrected chi connectivity index (χ2v) is 6.68. The van der Waals surface area contributed by atoms with E-state index < -0.39 is 0 Å². The minimum absolute atomic E-state index is 0.376. The third-order valence-electron chi connectivity index (χ3n) is 4.95. The van der Waals surface area contributed by atoms with Crippen LogP contribution in [-0.4, -0.2) is 74.0 Å². The molecule has 2 aliphatic rings. The maximum Gasteiger partial charge on any atom is 0.222 e. The first kappa shape index (κ1) is 15.8. The topological polar surface area (TPSA) is 26.8 Å². The molecule has 0 unspecified atom stereocenters. The van der Waals surface area contributed by atoms with Crippen LogP contribution in [0.1, 0.15) is 38.5 Å². The zero-order chi connectivity index (χ0) is 14.4. The van der Waals surface area contributed by atoms with Crippen LogP contribution < -0.4 is 0 Å². The molecule has 0 aromatic rings. The molecule has 116 valence electrons. The molecular formula is C16H31N3O. The van der Waals surface area contributed by atoms with Crippen molar-refractivity contribution in [2.24, 2.45) is 5.92 Å². The SMILES string of the molecule is CN1CCC(CCCCC(=O)N2CCN(C)CC2)CC1. The van der Waals surface area contributed by atoms with E-state index in [2.05, 4.69) is 28.8 Å². The lowest BCUT2D eigenvalue weighted by molar-refractivity contribution is -0.132. The Morgan fingerprint density at radius 3 is 2.15 bits per heavy atom. The monoisotopic (exact) mass is 281 g/mol. The summed E-state index contributed by atoms with van der Waals surface area (Å²) >= 11 is 0. The largest absolute Gasteiger partial charge is 0.340 e. The van der Waals surface area contributed by atoms with Gasteiger partial charge in [0.15, 0.2) is 0 Å². The van der Waals surface area contributed by atoms with Gasteiger partial charge >= 0.3 is 0 Å². The lowest BCUT2D eigenvalue weighted by Gasteiger charge is -2.32. The van der Waals surface area contributed by atoms with Gasteiger partial charge in [-0.3, -0.25) is 4.79 Å². The summed E-state index contributed by atoms with van der Waals surface area (Å²) in [5.74, 6) is 1.28. The third kappa shape index (κ3) is 5.06. The highest BCUT2D eigenvalue weighted by atomic mass is 16.2. The number of hydrogen-bond donors (Lipinski definition) is 0. The molecule has 2 heterocycles. The molecule has 2 rings (SSSR count). The predicted molar refractivity (Wildman–Crippen MR) is 82.8 cm³/mol. The molecule has 20 heavy (non-hydrogen) atoms. The fourth-order valence-electron chi connectivity index (χ4n) is 3.27. The predicted octanol–water partition coefficient (Wildman–Crippen LogP) is 1.66. The normalized spacial score (nSPS) is 23.2. The zero-order valence-electron chi connectivity index (χ0n) is 13.3. The number of hydrogen-bond acceptors (Lipinski definition) is 3. The Hall–Kier alpha value is -0.610. The number of carbonyl (C=O) groups excluding carboxylic acids is 1. The number of nitrogens with zero attached hydrogens (tertiary/aromatic N) is 3. The van der Waals surface area contributed by atoms with Crippen molar-refractivity contribution >= 4 is 5.91 Å². The summed E-state index contributed by atoms with van der Waals surface area (Å²) in [6, 6.07) is 0. The number of likely N-dealkylation sites (tertiary alicyclic amines) is 1. The fraction of sp³-hybridized carbons (Fsp3) is 0.938. The van der Waals surface area contributed by atoms with Crippen molar-refractivity contribution in [3.05, 3.63) is 0 Å². The van der Waals surface area contributed by atoms with E-state index in [9.17, 15) is 4.79 Å². The number of unbranched alkanes of at least 4 members (excludes halogenated alkanes) is 1. The molecule has 0 spiro atoms. The summed E-state index contributed by atoms with van der Waals surface area (Å²) in [6.45, 7) is 6.41. The first-order chi connectivity index (χ1) is 9.65. The molecule has 0 aromatic heterocycles. The second kappa shape index (κ2) is 7.99. The first-order valence-corrected chi connectivity index (χ1v) is 8.30. The minimum Gasteiger partial charge on any atom is -0.340 e. The number of piperidine rings is 1. The Morgan fingerprint density at radius 1 is 0.900 bits per heavy atom. The van der Waals surface area contributed by atoms with Crippen molar-refractivity contribution in [3.63, 3.8) is 0 Å². The molecular weight excluding hydrogens is 250 g/mol. The van der Waals surface area contributed by atoms with E-state index in [1.807, 2.05) is 0 Å². The van der Waals surface area contributed by atoms with Crippen LogP contribution in [0.3, 0.4) is 0 Å². The van der Waals surface area contributed by atoms with E-state index in [4.69, 9.17) is 0 Å². The Kier molecular flexibility index (Phi) is 6.30. The van der Waals surface area contributed by atoms with Crippen LogP contribution >= 0.6 is 0 Å². The maximum atomic E-state index is 12.1. The van der Waals surface area contributed by atoms with E-state index >= 15 is 0 Å².